The van der Waals surface area contributed by atoms with Gasteiger partial charge in [0, 0.05) is 22.9 Å². The van der Waals surface area contributed by atoms with E-state index in [0.717, 1.165) is 55.4 Å². The Morgan fingerprint density at radius 2 is 1.72 bits per heavy atom. The number of halogens is 6. The number of aryl methyl sites for hydroxylation is 1. The molecule has 1 aromatic heterocycles. The van der Waals surface area contributed by atoms with Crippen LogP contribution in [0.5, 0.6) is 5.75 Å². The molecule has 2 aromatic carbocycles. The number of amides is 1. The highest BCUT2D eigenvalue weighted by atomic mass is 19.4. The largest absolute Gasteiger partial charge is 0.455 e. The van der Waals surface area contributed by atoms with Crippen molar-refractivity contribution in [1.29, 1.82) is 0 Å². The van der Waals surface area contributed by atoms with Crippen LogP contribution >= 0.6 is 0 Å². The fourth-order valence-corrected chi connectivity index (χ4v) is 10.3. The highest BCUT2D eigenvalue weighted by Crippen LogP contribution is 2.63. The molecule has 3 aromatic rings. The number of terminal acetylenes is 1. The monoisotopic (exact) mass is 856 g/mol. The molecule has 61 heavy (non-hydrogen) atoms. The van der Waals surface area contributed by atoms with Crippen molar-refractivity contribution < 1.29 is 60.0 Å². The summed E-state index contributed by atoms with van der Waals surface area (Å²) in [5, 5.41) is 11.0. The number of benzene rings is 2. The van der Waals surface area contributed by atoms with Gasteiger partial charge in [-0.15, -0.1) is 6.42 Å². The molecule has 2 heterocycles. The van der Waals surface area contributed by atoms with Gasteiger partial charge in [0.1, 0.15) is 28.7 Å². The number of fused-ring (bicyclic) bond motifs is 5. The zero-order valence-electron chi connectivity index (χ0n) is 34.5. The number of ether oxygens (including phenoxy) is 3. The van der Waals surface area contributed by atoms with Gasteiger partial charge in [0.05, 0.1) is 30.0 Å². The number of likely N-dealkylation sites (tertiary alicyclic amines) is 1. The lowest BCUT2D eigenvalue weighted by Crippen LogP contribution is -2.49. The third-order valence-corrected chi connectivity index (χ3v) is 13.4. The maximum Gasteiger partial charge on any atom is 0.433 e. The molecule has 0 radical (unpaired) electrons. The SMILES string of the molecule is C#C[C@]1(O)CCC2CC3CCc4cc(OC(=O)CCC(=O)OC(c5cc(C(F)(F)F)nc6c(C(F)(F)F)cccc56)C5CCCCN5C(=O)OC(C)(C)C)ccc4C3C[C@@]21C. The van der Waals surface area contributed by atoms with Crippen LogP contribution in [0.3, 0.4) is 0 Å². The van der Waals surface area contributed by atoms with Gasteiger partial charge < -0.3 is 24.2 Å². The average molecular weight is 857 g/mol. The Morgan fingerprint density at radius 1 is 0.984 bits per heavy atom. The molecule has 1 saturated heterocycles. The summed E-state index contributed by atoms with van der Waals surface area (Å²) >= 11 is 0. The molecule has 15 heteroatoms. The number of hydrogen-bond donors (Lipinski definition) is 1. The predicted molar refractivity (Wildman–Crippen MR) is 211 cm³/mol. The van der Waals surface area contributed by atoms with Crippen LogP contribution in [0, 0.1) is 29.6 Å². The number of esters is 2. The highest BCUT2D eigenvalue weighted by molar-refractivity contribution is 5.87. The second kappa shape index (κ2) is 16.1. The van der Waals surface area contributed by atoms with E-state index in [9.17, 15) is 45.8 Å². The Bertz CT molecular complexity index is 2250. The van der Waals surface area contributed by atoms with Crippen LogP contribution in [0.4, 0.5) is 31.1 Å². The van der Waals surface area contributed by atoms with Crippen LogP contribution in [-0.2, 0) is 37.8 Å². The Kier molecular flexibility index (Phi) is 11.7. The van der Waals surface area contributed by atoms with E-state index in [4.69, 9.17) is 20.6 Å². The lowest BCUT2D eigenvalue weighted by molar-refractivity contribution is -0.156. The van der Waals surface area contributed by atoms with Crippen LogP contribution in [-0.4, -0.2) is 56.8 Å². The van der Waals surface area contributed by atoms with E-state index in [-0.39, 0.29) is 30.0 Å². The van der Waals surface area contributed by atoms with Gasteiger partial charge in [-0.25, -0.2) is 9.78 Å². The summed E-state index contributed by atoms with van der Waals surface area (Å²) in [5.74, 6) is 2.05. The fourth-order valence-electron chi connectivity index (χ4n) is 10.3. The Hall–Kier alpha value is -4.84. The van der Waals surface area contributed by atoms with E-state index in [1.165, 1.54) is 4.90 Å². The van der Waals surface area contributed by atoms with Gasteiger partial charge >= 0.3 is 30.4 Å². The summed E-state index contributed by atoms with van der Waals surface area (Å²) in [4.78, 5) is 45.0. The molecule has 0 bridgehead atoms. The molecule has 2 saturated carbocycles. The smallest absolute Gasteiger partial charge is 0.433 e. The van der Waals surface area contributed by atoms with Gasteiger partial charge in [-0.2, -0.15) is 26.3 Å². The maximum absolute atomic E-state index is 14.3. The molecule has 5 unspecified atom stereocenters. The highest BCUT2D eigenvalue weighted by Gasteiger charge is 2.60. The first-order valence-electron chi connectivity index (χ1n) is 20.8. The van der Waals surface area contributed by atoms with Crippen molar-refractivity contribution in [3.05, 3.63) is 70.4 Å². The molecule has 3 aliphatic carbocycles. The van der Waals surface area contributed by atoms with E-state index in [0.29, 0.717) is 43.2 Å². The van der Waals surface area contributed by atoms with Crippen molar-refractivity contribution >= 4 is 28.9 Å². The Labute approximate surface area is 350 Å². The third-order valence-electron chi connectivity index (χ3n) is 13.4. The second-order valence-corrected chi connectivity index (χ2v) is 18.3. The number of alkyl halides is 6. The van der Waals surface area contributed by atoms with E-state index >= 15 is 0 Å². The average Bonchev–Trinajstić information content (AvgIpc) is 3.45. The van der Waals surface area contributed by atoms with E-state index in [1.807, 2.05) is 6.07 Å². The topological polar surface area (TPSA) is 115 Å². The number of carbonyl (C=O) groups excluding carboxylic acids is 3. The molecule has 7 rings (SSSR count). The molecule has 1 aliphatic heterocycles. The van der Waals surface area contributed by atoms with Crippen LogP contribution in [0.15, 0.2) is 42.5 Å². The molecule has 1 N–H and O–H groups in total. The Morgan fingerprint density at radius 3 is 2.41 bits per heavy atom. The fraction of sp³-hybridized carbons (Fsp3) is 0.565. The number of pyridine rings is 1. The number of piperidine rings is 1. The standard InChI is InChI=1S/C46H50F6N2O7/c1-6-44(58)20-19-28-22-26-13-14-27-23-29(15-16-30(27)33(26)25-43(28,44)5)59-37(55)17-18-38(56)60-40(35-12-7-8-21-54(35)41(57)61-42(2,3)4)32-24-36(46(50,51)52)53-39-31(32)10-9-11-34(39)45(47,48)49/h1,9-11,15-16,23-24,26,28,33,35,40,58H,7-8,12-14,17-22,25H2,2-5H3/t26?,28?,33?,35?,40?,43-,44-/m0/s1. The summed E-state index contributed by atoms with van der Waals surface area (Å²) in [7, 11) is 0. The normalized spacial score (nSPS) is 27.0. The van der Waals surface area contributed by atoms with Crippen LogP contribution in [0.25, 0.3) is 10.9 Å². The summed E-state index contributed by atoms with van der Waals surface area (Å²) < 4.78 is 103. The minimum atomic E-state index is -5.20. The first-order chi connectivity index (χ1) is 28.5. The quantitative estimate of drug-likeness (QED) is 0.108. The molecular weight excluding hydrogens is 807 g/mol. The summed E-state index contributed by atoms with van der Waals surface area (Å²) in [6.07, 6.45) is -2.17. The van der Waals surface area contributed by atoms with E-state index in [2.05, 4.69) is 17.8 Å². The number of nitrogens with zero attached hydrogens (tertiary/aromatic N) is 2. The van der Waals surface area contributed by atoms with Gasteiger partial charge in [-0.1, -0.05) is 31.0 Å². The number of carbonyl (C=O) groups is 3. The van der Waals surface area contributed by atoms with Crippen molar-refractivity contribution in [2.75, 3.05) is 6.54 Å². The predicted octanol–water partition coefficient (Wildman–Crippen LogP) is 10.3. The van der Waals surface area contributed by atoms with Gasteiger partial charge in [-0.3, -0.25) is 9.59 Å². The van der Waals surface area contributed by atoms with Gasteiger partial charge in [0.2, 0.25) is 0 Å². The first-order valence-corrected chi connectivity index (χ1v) is 20.8. The number of para-hydroxylation sites is 1. The van der Waals surface area contributed by atoms with Crippen LogP contribution < -0.4 is 4.74 Å². The van der Waals surface area contributed by atoms with Crippen molar-refractivity contribution in [1.82, 2.24) is 9.88 Å². The third kappa shape index (κ3) is 8.79. The minimum absolute atomic E-state index is 0.0675. The number of rotatable bonds is 7. The van der Waals surface area contributed by atoms with Crippen molar-refractivity contribution in [3.8, 4) is 18.1 Å². The van der Waals surface area contributed by atoms with Gasteiger partial charge in [0.25, 0.3) is 0 Å². The molecule has 0 spiro atoms. The molecule has 1 amide bonds. The summed E-state index contributed by atoms with van der Waals surface area (Å²) in [6.45, 7) is 7.01. The number of hydrogen-bond acceptors (Lipinski definition) is 8. The lowest BCUT2D eigenvalue weighted by atomic mass is 9.54. The molecule has 3 fully saturated rings. The molecule has 4 aliphatic rings. The number of aromatic nitrogens is 1. The zero-order chi connectivity index (χ0) is 44.3. The Balaban J connectivity index is 1.13. The first kappa shape index (κ1) is 44.2. The van der Waals surface area contributed by atoms with Crippen molar-refractivity contribution in [2.45, 2.75) is 140 Å². The summed E-state index contributed by atoms with van der Waals surface area (Å²) in [5.41, 5.74) is -4.94. The van der Waals surface area contributed by atoms with E-state index in [1.54, 1.807) is 32.9 Å². The molecule has 9 nitrogen and oxygen atoms in total. The maximum atomic E-state index is 14.3. The van der Waals surface area contributed by atoms with Gasteiger partial charge in [-0.05, 0) is 132 Å². The minimum Gasteiger partial charge on any atom is -0.455 e. The van der Waals surface area contributed by atoms with Crippen molar-refractivity contribution in [2.24, 2.45) is 17.3 Å². The summed E-state index contributed by atoms with van der Waals surface area (Å²) in [6, 6.07) is 7.59. The lowest BCUT2D eigenvalue weighted by Gasteiger charge is -2.51. The van der Waals surface area contributed by atoms with Crippen LogP contribution in [0.2, 0.25) is 0 Å². The van der Waals surface area contributed by atoms with Crippen LogP contribution in [0.1, 0.15) is 132 Å². The zero-order valence-corrected chi connectivity index (χ0v) is 34.5. The van der Waals surface area contributed by atoms with E-state index < -0.39 is 94.3 Å². The molecule has 328 valence electrons. The molecular formula is C46H50F6N2O7. The number of aliphatic hydroxyl groups is 1. The van der Waals surface area contributed by atoms with Crippen molar-refractivity contribution in [3.63, 3.8) is 0 Å². The van der Waals surface area contributed by atoms with Gasteiger partial charge in [0.15, 0.2) is 0 Å². The molecule has 7 atom stereocenters. The second-order valence-electron chi connectivity index (χ2n) is 18.3.